The van der Waals surface area contributed by atoms with Crippen LogP contribution in [0.4, 0.5) is 5.95 Å². The molecule has 23 heavy (non-hydrogen) atoms. The number of anilines is 1. The maximum absolute atomic E-state index is 5.99. The van der Waals surface area contributed by atoms with Crippen molar-refractivity contribution in [2.45, 2.75) is 13.0 Å². The summed E-state index contributed by atoms with van der Waals surface area (Å²) >= 11 is 5.99. The number of hydrogen-bond acceptors (Lipinski definition) is 4. The lowest BCUT2D eigenvalue weighted by Crippen LogP contribution is -2.20. The fourth-order valence-electron chi connectivity index (χ4n) is 2.65. The molecule has 0 saturated carbocycles. The van der Waals surface area contributed by atoms with Crippen LogP contribution in [0.5, 0.6) is 0 Å². The molecule has 0 amide bonds. The van der Waals surface area contributed by atoms with Gasteiger partial charge in [-0.05, 0) is 46.7 Å². The first-order chi connectivity index (χ1) is 11.2. The van der Waals surface area contributed by atoms with Crippen LogP contribution in [0, 0.1) is 6.92 Å². The SMILES string of the molecule is Cc1ccc(C2=CC(c3ccc(Cl)cc3)n3nnnc3N2)cc1. The summed E-state index contributed by atoms with van der Waals surface area (Å²) in [5.74, 6) is 0.628. The van der Waals surface area contributed by atoms with Crippen molar-refractivity contribution in [3.05, 3.63) is 76.3 Å². The summed E-state index contributed by atoms with van der Waals surface area (Å²) in [7, 11) is 0. The third kappa shape index (κ3) is 2.59. The first-order valence-electron chi connectivity index (χ1n) is 7.30. The van der Waals surface area contributed by atoms with Gasteiger partial charge in [0.1, 0.15) is 6.04 Å². The van der Waals surface area contributed by atoms with Crippen LogP contribution in [-0.2, 0) is 0 Å². The number of benzene rings is 2. The van der Waals surface area contributed by atoms with Crippen LogP contribution in [0.15, 0.2) is 54.6 Å². The molecule has 0 aliphatic carbocycles. The minimum atomic E-state index is -0.0742. The fraction of sp³-hybridized carbons (Fsp3) is 0.118. The average molecular weight is 324 g/mol. The molecule has 1 unspecified atom stereocenters. The lowest BCUT2D eigenvalue weighted by atomic mass is 10.0. The molecule has 2 aromatic carbocycles. The first kappa shape index (κ1) is 14.0. The Balaban J connectivity index is 1.79. The molecule has 0 spiro atoms. The van der Waals surface area contributed by atoms with Gasteiger partial charge < -0.3 is 5.32 Å². The summed E-state index contributed by atoms with van der Waals surface area (Å²) in [6.45, 7) is 2.07. The fourth-order valence-corrected chi connectivity index (χ4v) is 2.78. The summed E-state index contributed by atoms with van der Waals surface area (Å²) in [5.41, 5.74) is 4.40. The number of tetrazole rings is 1. The Morgan fingerprint density at radius 2 is 1.78 bits per heavy atom. The van der Waals surface area contributed by atoms with Crippen molar-refractivity contribution >= 4 is 23.2 Å². The Morgan fingerprint density at radius 3 is 2.52 bits per heavy atom. The number of nitrogens with one attached hydrogen (secondary N) is 1. The molecule has 1 N–H and O–H groups in total. The van der Waals surface area contributed by atoms with Crippen LogP contribution in [0.25, 0.3) is 5.70 Å². The lowest BCUT2D eigenvalue weighted by molar-refractivity contribution is 0.586. The number of rotatable bonds is 2. The zero-order valence-electron chi connectivity index (χ0n) is 12.4. The third-order valence-electron chi connectivity index (χ3n) is 3.90. The first-order valence-corrected chi connectivity index (χ1v) is 7.68. The van der Waals surface area contributed by atoms with E-state index in [2.05, 4.69) is 58.1 Å². The third-order valence-corrected chi connectivity index (χ3v) is 4.15. The molecule has 4 rings (SSSR count). The molecule has 1 aliphatic rings. The highest BCUT2D eigenvalue weighted by Crippen LogP contribution is 2.31. The lowest BCUT2D eigenvalue weighted by Gasteiger charge is -2.23. The molecule has 0 radical (unpaired) electrons. The van der Waals surface area contributed by atoms with Crippen molar-refractivity contribution in [3.8, 4) is 0 Å². The predicted octanol–water partition coefficient (Wildman–Crippen LogP) is 3.69. The summed E-state index contributed by atoms with van der Waals surface area (Å²) in [6.07, 6.45) is 2.12. The number of fused-ring (bicyclic) bond motifs is 1. The van der Waals surface area contributed by atoms with E-state index in [1.54, 1.807) is 4.68 Å². The average Bonchev–Trinajstić information content (AvgIpc) is 3.04. The summed E-state index contributed by atoms with van der Waals surface area (Å²) in [5, 5.41) is 15.9. The molecule has 0 saturated heterocycles. The molecule has 1 atom stereocenters. The second-order valence-corrected chi connectivity index (χ2v) is 5.95. The van der Waals surface area contributed by atoms with Crippen molar-refractivity contribution < 1.29 is 0 Å². The van der Waals surface area contributed by atoms with Crippen LogP contribution < -0.4 is 5.32 Å². The van der Waals surface area contributed by atoms with E-state index < -0.39 is 0 Å². The van der Waals surface area contributed by atoms with E-state index in [1.807, 2.05) is 24.3 Å². The molecule has 6 heteroatoms. The molecular weight excluding hydrogens is 310 g/mol. The number of aromatic nitrogens is 4. The van der Waals surface area contributed by atoms with Gasteiger partial charge in [0.05, 0.1) is 0 Å². The number of halogens is 1. The van der Waals surface area contributed by atoms with E-state index >= 15 is 0 Å². The zero-order chi connectivity index (χ0) is 15.8. The zero-order valence-corrected chi connectivity index (χ0v) is 13.2. The molecule has 2 heterocycles. The Bertz CT molecular complexity index is 865. The van der Waals surface area contributed by atoms with Gasteiger partial charge in [-0.25, -0.2) is 0 Å². The van der Waals surface area contributed by atoms with Crippen molar-refractivity contribution in [1.82, 2.24) is 20.2 Å². The van der Waals surface area contributed by atoms with Gasteiger partial charge in [0.2, 0.25) is 5.95 Å². The Kier molecular flexibility index (Phi) is 3.35. The number of hydrogen-bond donors (Lipinski definition) is 1. The maximum Gasteiger partial charge on any atom is 0.248 e. The van der Waals surface area contributed by atoms with Crippen molar-refractivity contribution in [2.24, 2.45) is 0 Å². The van der Waals surface area contributed by atoms with E-state index in [1.165, 1.54) is 5.56 Å². The molecule has 3 aromatic rings. The van der Waals surface area contributed by atoms with Crippen LogP contribution in [0.1, 0.15) is 22.7 Å². The molecule has 0 fully saturated rings. The molecule has 0 bridgehead atoms. The standard InChI is InChI=1S/C17H14ClN5/c1-11-2-4-12(5-3-11)15-10-16(13-6-8-14(18)9-7-13)23-17(19-15)20-21-22-23/h2-10,16H,1H3,(H,19,20,22). The highest BCUT2D eigenvalue weighted by Gasteiger charge is 2.24. The number of aryl methyl sites for hydroxylation is 1. The van der Waals surface area contributed by atoms with E-state index in [9.17, 15) is 0 Å². The van der Waals surface area contributed by atoms with E-state index in [0.717, 1.165) is 16.8 Å². The monoisotopic (exact) mass is 323 g/mol. The number of allylic oxidation sites excluding steroid dienone is 1. The van der Waals surface area contributed by atoms with Gasteiger partial charge in [-0.3, -0.25) is 0 Å². The van der Waals surface area contributed by atoms with E-state index in [4.69, 9.17) is 11.6 Å². The van der Waals surface area contributed by atoms with Gasteiger partial charge in [-0.2, -0.15) is 4.68 Å². The van der Waals surface area contributed by atoms with Crippen LogP contribution >= 0.6 is 11.6 Å². The minimum absolute atomic E-state index is 0.0742. The van der Waals surface area contributed by atoms with Crippen LogP contribution in [0.3, 0.4) is 0 Å². The van der Waals surface area contributed by atoms with Gasteiger partial charge in [0.25, 0.3) is 0 Å². The normalized spacial score (nSPS) is 16.4. The topological polar surface area (TPSA) is 55.6 Å². The van der Waals surface area contributed by atoms with Gasteiger partial charge >= 0.3 is 0 Å². The van der Waals surface area contributed by atoms with Gasteiger partial charge in [0.15, 0.2) is 0 Å². The highest BCUT2D eigenvalue weighted by molar-refractivity contribution is 6.30. The summed E-state index contributed by atoms with van der Waals surface area (Å²) < 4.78 is 1.76. The van der Waals surface area contributed by atoms with Crippen LogP contribution in [-0.4, -0.2) is 20.2 Å². The van der Waals surface area contributed by atoms with Crippen molar-refractivity contribution in [1.29, 1.82) is 0 Å². The van der Waals surface area contributed by atoms with E-state index in [-0.39, 0.29) is 6.04 Å². The molecular formula is C17H14ClN5. The largest absolute Gasteiger partial charge is 0.323 e. The molecule has 5 nitrogen and oxygen atoms in total. The number of nitrogens with zero attached hydrogens (tertiary/aromatic N) is 4. The Hall–Kier alpha value is -2.66. The summed E-state index contributed by atoms with van der Waals surface area (Å²) in [4.78, 5) is 0. The van der Waals surface area contributed by atoms with Gasteiger partial charge in [-0.1, -0.05) is 58.7 Å². The van der Waals surface area contributed by atoms with Gasteiger partial charge in [-0.15, -0.1) is 0 Å². The highest BCUT2D eigenvalue weighted by atomic mass is 35.5. The van der Waals surface area contributed by atoms with Crippen LogP contribution in [0.2, 0.25) is 5.02 Å². The summed E-state index contributed by atoms with van der Waals surface area (Å²) in [6, 6.07) is 16.0. The maximum atomic E-state index is 5.99. The predicted molar refractivity (Wildman–Crippen MR) is 90.2 cm³/mol. The molecule has 1 aliphatic heterocycles. The second-order valence-electron chi connectivity index (χ2n) is 5.51. The second kappa shape index (κ2) is 5.52. The Morgan fingerprint density at radius 1 is 1.04 bits per heavy atom. The minimum Gasteiger partial charge on any atom is -0.323 e. The molecule has 114 valence electrons. The van der Waals surface area contributed by atoms with Crippen molar-refractivity contribution in [3.63, 3.8) is 0 Å². The molecule has 1 aromatic heterocycles. The quantitative estimate of drug-likeness (QED) is 0.781. The van der Waals surface area contributed by atoms with E-state index in [0.29, 0.717) is 11.0 Å². The van der Waals surface area contributed by atoms with Gasteiger partial charge in [0, 0.05) is 10.7 Å². The smallest absolute Gasteiger partial charge is 0.248 e. The Labute approximate surface area is 138 Å². The van der Waals surface area contributed by atoms with Crippen molar-refractivity contribution in [2.75, 3.05) is 5.32 Å².